The molecule has 0 saturated carbocycles. The number of anilines is 1. The Morgan fingerprint density at radius 3 is 2.17 bits per heavy atom. The minimum atomic E-state index is -5.14. The molecule has 0 saturated heterocycles. The van der Waals surface area contributed by atoms with Crippen LogP contribution in [0.25, 0.3) is 11.1 Å². The number of hydrogen-bond acceptors (Lipinski definition) is 4. The number of phenolic OH excluding ortho intramolecular Hbond substituents is 1. The maximum Gasteiger partial charge on any atom is 0.416 e. The molecule has 3 rings (SSSR count). The van der Waals surface area contributed by atoms with Crippen molar-refractivity contribution in [2.75, 3.05) is 5.32 Å². The molecule has 0 fully saturated rings. The molecule has 0 radical (unpaired) electrons. The second-order valence-electron chi connectivity index (χ2n) is 7.03. The number of carbonyl (C=O) groups is 2. The number of alkyl halides is 3. The number of halogens is 4. The van der Waals surface area contributed by atoms with E-state index in [1.54, 1.807) is 12.1 Å². The van der Waals surface area contributed by atoms with E-state index in [0.717, 1.165) is 12.1 Å². The van der Waals surface area contributed by atoms with Crippen LogP contribution in [0, 0.1) is 0 Å². The zero-order chi connectivity index (χ0) is 26.6. The number of hydrogen-bond donors (Lipinski definition) is 5. The van der Waals surface area contributed by atoms with Gasteiger partial charge in [-0.1, -0.05) is 29.8 Å². The van der Waals surface area contributed by atoms with E-state index < -0.39 is 37.7 Å². The van der Waals surface area contributed by atoms with Crippen LogP contribution in [-0.2, 0) is 14.7 Å². The van der Waals surface area contributed by atoms with E-state index in [1.807, 2.05) is 0 Å². The van der Waals surface area contributed by atoms with Gasteiger partial charge < -0.3 is 5.73 Å². The van der Waals surface area contributed by atoms with E-state index in [0.29, 0.717) is 11.1 Å². The van der Waals surface area contributed by atoms with E-state index in [9.17, 15) is 31.6 Å². The molecule has 0 aliphatic heterocycles. The fourth-order valence-electron chi connectivity index (χ4n) is 2.84. The summed E-state index contributed by atoms with van der Waals surface area (Å²) in [6, 6.07) is 13.0. The summed E-state index contributed by atoms with van der Waals surface area (Å²) < 4.78 is 66.4. The van der Waals surface area contributed by atoms with Crippen LogP contribution in [0.4, 0.5) is 18.9 Å². The fourth-order valence-corrected chi connectivity index (χ4v) is 4.69. The molecule has 0 atom stereocenters. The van der Waals surface area contributed by atoms with Gasteiger partial charge in [-0.05, 0) is 29.8 Å². The Kier molecular flexibility index (Phi) is 8.80. The molecule has 0 spiro atoms. The van der Waals surface area contributed by atoms with Gasteiger partial charge in [0.1, 0.15) is 0 Å². The van der Waals surface area contributed by atoms with Gasteiger partial charge in [0.15, 0.2) is 0 Å². The SMILES string of the molecule is CC(=O)Nc1c(O)cccc1[As](=O)(O)O.NC(=O)c1cccc(-c2ccc(C(F)(F)F)cc2Cl)c1. The summed E-state index contributed by atoms with van der Waals surface area (Å²) in [6.45, 7) is 1.18. The minimum Gasteiger partial charge on any atom is -0.366 e. The van der Waals surface area contributed by atoms with E-state index in [-0.39, 0.29) is 26.4 Å². The van der Waals surface area contributed by atoms with Crippen molar-refractivity contribution in [1.82, 2.24) is 0 Å². The zero-order valence-electron chi connectivity index (χ0n) is 17.9. The average molecular weight is 575 g/mol. The summed E-state index contributed by atoms with van der Waals surface area (Å²) in [5.41, 5.74) is 5.31. The first-order chi connectivity index (χ1) is 16.1. The number of benzene rings is 3. The van der Waals surface area contributed by atoms with E-state index in [1.165, 1.54) is 43.3 Å². The van der Waals surface area contributed by atoms with Crippen molar-refractivity contribution < 1.29 is 39.8 Å². The summed E-state index contributed by atoms with van der Waals surface area (Å²) >= 11 is 0.744. The summed E-state index contributed by atoms with van der Waals surface area (Å²) in [7, 11) is 0. The van der Waals surface area contributed by atoms with Crippen LogP contribution in [0.2, 0.25) is 5.02 Å². The molecular weight excluding hydrogens is 556 g/mol. The van der Waals surface area contributed by atoms with Gasteiger partial charge in [0.05, 0.1) is 5.56 Å². The second-order valence-corrected chi connectivity index (χ2v) is 10.7. The molecule has 0 aliphatic rings. The van der Waals surface area contributed by atoms with Crippen LogP contribution in [0.5, 0.6) is 5.75 Å². The first-order valence-corrected chi connectivity index (χ1v) is 13.3. The molecule has 0 heterocycles. The normalized spacial score (nSPS) is 11.3. The number of aromatic hydroxyl groups is 1. The van der Waals surface area contributed by atoms with Gasteiger partial charge >= 0.3 is 94.3 Å². The van der Waals surface area contributed by atoms with Gasteiger partial charge in [-0.3, -0.25) is 4.79 Å². The molecule has 0 bridgehead atoms. The van der Waals surface area contributed by atoms with Gasteiger partial charge in [0.25, 0.3) is 0 Å². The molecule has 2 amide bonds. The van der Waals surface area contributed by atoms with Gasteiger partial charge in [0.2, 0.25) is 5.91 Å². The number of carbonyl (C=O) groups excluding carboxylic acids is 2. The van der Waals surface area contributed by atoms with Gasteiger partial charge in [-0.25, -0.2) is 0 Å². The average Bonchev–Trinajstić information content (AvgIpc) is 2.74. The third kappa shape index (κ3) is 7.63. The molecule has 13 heteroatoms. The van der Waals surface area contributed by atoms with E-state index in [4.69, 9.17) is 25.5 Å². The Morgan fingerprint density at radius 2 is 1.66 bits per heavy atom. The Bertz CT molecular complexity index is 1310. The van der Waals surface area contributed by atoms with Crippen LogP contribution >= 0.6 is 11.6 Å². The predicted octanol–water partition coefficient (Wildman–Crippen LogP) is 3.04. The fraction of sp³-hybridized carbons (Fsp3) is 0.0909. The first-order valence-electron chi connectivity index (χ1n) is 9.54. The maximum atomic E-state index is 12.6. The van der Waals surface area contributed by atoms with Crippen molar-refractivity contribution in [2.45, 2.75) is 13.1 Å². The smallest absolute Gasteiger partial charge is 0.366 e. The van der Waals surface area contributed by atoms with Crippen molar-refractivity contribution in [1.29, 1.82) is 0 Å². The van der Waals surface area contributed by atoms with Crippen LogP contribution in [0.1, 0.15) is 22.8 Å². The molecule has 0 unspecified atom stereocenters. The zero-order valence-corrected chi connectivity index (χ0v) is 20.5. The molecular formula is C22H19AsClF3N2O6. The number of nitrogens with two attached hydrogens (primary N) is 1. The standard InChI is InChI=1S/C14H9ClF3NO.C8H10AsNO5/c15-12-7-10(14(16,17)18)4-5-11(12)8-2-1-3-9(6-8)13(19)20;1-5(11)10-8-6(9(13,14)15)3-2-4-7(8)12/h1-7H,(H2,19,20);2-4,12H,1H3,(H,10,11)(H2,13,14,15). The Balaban J connectivity index is 0.000000258. The van der Waals surface area contributed by atoms with Crippen molar-refractivity contribution in [2.24, 2.45) is 5.73 Å². The number of phenols is 1. The first kappa shape index (κ1) is 28.0. The van der Waals surface area contributed by atoms with Gasteiger partial charge in [-0.2, -0.15) is 13.2 Å². The summed E-state index contributed by atoms with van der Waals surface area (Å²) in [5, 5.41) is 11.5. The summed E-state index contributed by atoms with van der Waals surface area (Å²) in [4.78, 5) is 21.9. The Hall–Kier alpha value is -3.24. The third-order valence-electron chi connectivity index (χ3n) is 4.39. The number of amides is 2. The molecule has 186 valence electrons. The summed E-state index contributed by atoms with van der Waals surface area (Å²) in [5.74, 6) is -1.50. The number of nitrogens with one attached hydrogen (secondary N) is 1. The van der Waals surface area contributed by atoms with Crippen molar-refractivity contribution >= 4 is 47.6 Å². The van der Waals surface area contributed by atoms with Gasteiger partial charge in [0, 0.05) is 16.1 Å². The van der Waals surface area contributed by atoms with Crippen LogP contribution in [0.3, 0.4) is 0 Å². The van der Waals surface area contributed by atoms with Crippen LogP contribution in [-0.4, -0.2) is 39.3 Å². The van der Waals surface area contributed by atoms with Crippen molar-refractivity contribution in [3.05, 3.63) is 76.8 Å². The van der Waals surface area contributed by atoms with Crippen LogP contribution < -0.4 is 15.4 Å². The number of primary amides is 1. The molecule has 3 aromatic carbocycles. The molecule has 3 aromatic rings. The number of para-hydroxylation sites is 1. The quantitative estimate of drug-likeness (QED) is 0.239. The van der Waals surface area contributed by atoms with Crippen LogP contribution in [0.15, 0.2) is 60.7 Å². The minimum absolute atomic E-state index is 0.0403. The van der Waals surface area contributed by atoms with Crippen molar-refractivity contribution in [3.8, 4) is 16.9 Å². The topological polar surface area (TPSA) is 150 Å². The number of rotatable bonds is 4. The molecule has 35 heavy (non-hydrogen) atoms. The molecule has 6 N–H and O–H groups in total. The molecule has 0 aliphatic carbocycles. The monoisotopic (exact) mass is 574 g/mol. The molecule has 0 aromatic heterocycles. The maximum absolute atomic E-state index is 12.6. The largest absolute Gasteiger partial charge is 0.416 e. The second kappa shape index (κ2) is 11.0. The van der Waals surface area contributed by atoms with E-state index >= 15 is 0 Å². The predicted molar refractivity (Wildman–Crippen MR) is 123 cm³/mol. The molecule has 8 nitrogen and oxygen atoms in total. The third-order valence-corrected chi connectivity index (χ3v) is 6.80. The Morgan fingerprint density at radius 1 is 1.03 bits per heavy atom. The van der Waals surface area contributed by atoms with E-state index in [2.05, 4.69) is 5.32 Å². The summed E-state index contributed by atoms with van der Waals surface area (Å²) in [6.07, 6.45) is -4.45. The van der Waals surface area contributed by atoms with Crippen molar-refractivity contribution in [3.63, 3.8) is 0 Å². The Labute approximate surface area is 205 Å². The van der Waals surface area contributed by atoms with Gasteiger partial charge in [-0.15, -0.1) is 0 Å².